The Morgan fingerprint density at radius 1 is 1.42 bits per heavy atom. The van der Waals surface area contributed by atoms with E-state index in [-0.39, 0.29) is 11.7 Å². The van der Waals surface area contributed by atoms with Crippen LogP contribution in [0, 0.1) is 5.82 Å². The molecule has 1 unspecified atom stereocenters. The van der Waals surface area contributed by atoms with Crippen LogP contribution in [0.15, 0.2) is 24.3 Å². The minimum Gasteiger partial charge on any atom is -0.370 e. The fourth-order valence-electron chi connectivity index (χ4n) is 2.42. The Morgan fingerprint density at radius 2 is 2.16 bits per heavy atom. The van der Waals surface area contributed by atoms with Crippen LogP contribution in [0.2, 0.25) is 0 Å². The summed E-state index contributed by atoms with van der Waals surface area (Å²) in [7, 11) is 0. The SMILES string of the molecule is NC1(C(=O)N2CCOC(c3ccccc3F)C2)CC1. The molecule has 5 heteroatoms. The van der Waals surface area contributed by atoms with Crippen LogP contribution in [0.4, 0.5) is 4.39 Å². The van der Waals surface area contributed by atoms with E-state index in [1.54, 1.807) is 23.1 Å². The Morgan fingerprint density at radius 3 is 2.84 bits per heavy atom. The molecule has 0 spiro atoms. The van der Waals surface area contributed by atoms with Crippen LogP contribution < -0.4 is 5.73 Å². The Hall–Kier alpha value is -1.46. The Balaban J connectivity index is 1.75. The quantitative estimate of drug-likeness (QED) is 0.873. The van der Waals surface area contributed by atoms with Crippen LogP contribution >= 0.6 is 0 Å². The zero-order chi connectivity index (χ0) is 13.5. The van der Waals surface area contributed by atoms with Crippen molar-refractivity contribution in [2.45, 2.75) is 24.5 Å². The van der Waals surface area contributed by atoms with Crippen LogP contribution in [0.1, 0.15) is 24.5 Å². The summed E-state index contributed by atoms with van der Waals surface area (Å²) in [5.41, 5.74) is 5.76. The second-order valence-corrected chi connectivity index (χ2v) is 5.29. The molecule has 2 N–H and O–H groups in total. The van der Waals surface area contributed by atoms with E-state index in [0.717, 1.165) is 12.8 Å². The van der Waals surface area contributed by atoms with Gasteiger partial charge in [0, 0.05) is 12.1 Å². The molecule has 4 nitrogen and oxygen atoms in total. The third kappa shape index (κ3) is 2.35. The molecular formula is C14H17FN2O2. The Bertz CT molecular complexity index is 502. The maximum absolute atomic E-state index is 13.7. The lowest BCUT2D eigenvalue weighted by molar-refractivity contribution is -0.141. The summed E-state index contributed by atoms with van der Waals surface area (Å²) >= 11 is 0. The maximum Gasteiger partial charge on any atom is 0.242 e. The van der Waals surface area contributed by atoms with Crippen molar-refractivity contribution in [1.82, 2.24) is 4.90 Å². The van der Waals surface area contributed by atoms with Crippen molar-refractivity contribution in [2.75, 3.05) is 19.7 Å². The summed E-state index contributed by atoms with van der Waals surface area (Å²) in [6.07, 6.45) is 1.09. The molecule has 0 aromatic heterocycles. The van der Waals surface area contributed by atoms with Gasteiger partial charge in [-0.1, -0.05) is 18.2 Å². The molecule has 1 aliphatic carbocycles. The van der Waals surface area contributed by atoms with Crippen molar-refractivity contribution in [3.05, 3.63) is 35.6 Å². The van der Waals surface area contributed by atoms with Crippen molar-refractivity contribution in [1.29, 1.82) is 0 Å². The van der Waals surface area contributed by atoms with Gasteiger partial charge in [0.15, 0.2) is 0 Å². The summed E-state index contributed by atoms with van der Waals surface area (Å²) in [5.74, 6) is -0.326. The second kappa shape index (κ2) is 4.58. The highest BCUT2D eigenvalue weighted by atomic mass is 19.1. The summed E-state index contributed by atoms with van der Waals surface area (Å²) < 4.78 is 19.3. The first kappa shape index (κ1) is 12.6. The highest BCUT2D eigenvalue weighted by Crippen LogP contribution is 2.35. The monoisotopic (exact) mass is 264 g/mol. The van der Waals surface area contributed by atoms with Crippen LogP contribution in [0.25, 0.3) is 0 Å². The Labute approximate surface area is 111 Å². The maximum atomic E-state index is 13.7. The average molecular weight is 264 g/mol. The topological polar surface area (TPSA) is 55.6 Å². The first-order valence-corrected chi connectivity index (χ1v) is 6.54. The number of rotatable bonds is 2. The third-order valence-corrected chi connectivity index (χ3v) is 3.82. The molecule has 19 heavy (non-hydrogen) atoms. The van der Waals surface area contributed by atoms with Crippen LogP contribution in [0.3, 0.4) is 0 Å². The van der Waals surface area contributed by atoms with Crippen molar-refractivity contribution in [3.8, 4) is 0 Å². The van der Waals surface area contributed by atoms with Gasteiger partial charge in [-0.15, -0.1) is 0 Å². The number of amides is 1. The van der Waals surface area contributed by atoms with Gasteiger partial charge in [0.25, 0.3) is 0 Å². The number of carbonyl (C=O) groups is 1. The molecule has 2 aliphatic rings. The number of ether oxygens (including phenoxy) is 1. The molecule has 1 heterocycles. The lowest BCUT2D eigenvalue weighted by atomic mass is 10.1. The van der Waals surface area contributed by atoms with Gasteiger partial charge in [0.1, 0.15) is 11.9 Å². The van der Waals surface area contributed by atoms with Gasteiger partial charge >= 0.3 is 0 Å². The number of nitrogens with two attached hydrogens (primary N) is 1. The van der Waals surface area contributed by atoms with E-state index in [0.29, 0.717) is 25.3 Å². The van der Waals surface area contributed by atoms with E-state index in [4.69, 9.17) is 10.5 Å². The van der Waals surface area contributed by atoms with Crippen LogP contribution in [0.5, 0.6) is 0 Å². The van der Waals surface area contributed by atoms with E-state index >= 15 is 0 Å². The molecule has 0 bridgehead atoms. The van der Waals surface area contributed by atoms with E-state index < -0.39 is 11.6 Å². The van der Waals surface area contributed by atoms with Crippen molar-refractivity contribution in [3.63, 3.8) is 0 Å². The molecule has 1 aliphatic heterocycles. The normalized spacial score (nSPS) is 25.2. The molecule has 0 radical (unpaired) electrons. The number of halogens is 1. The highest BCUT2D eigenvalue weighted by molar-refractivity contribution is 5.89. The predicted molar refractivity (Wildman–Crippen MR) is 67.8 cm³/mol. The fourth-order valence-corrected chi connectivity index (χ4v) is 2.42. The number of hydrogen-bond donors (Lipinski definition) is 1. The fraction of sp³-hybridized carbons (Fsp3) is 0.500. The molecule has 1 aromatic carbocycles. The summed E-state index contributed by atoms with van der Waals surface area (Å²) in [4.78, 5) is 13.9. The van der Waals surface area contributed by atoms with E-state index in [1.165, 1.54) is 6.07 Å². The average Bonchev–Trinajstić information content (AvgIpc) is 3.18. The summed E-state index contributed by atoms with van der Waals surface area (Å²) in [5, 5.41) is 0. The number of carbonyl (C=O) groups excluding carboxylic acids is 1. The van der Waals surface area contributed by atoms with Gasteiger partial charge in [-0.05, 0) is 18.9 Å². The molecule has 1 aromatic rings. The third-order valence-electron chi connectivity index (χ3n) is 3.82. The van der Waals surface area contributed by atoms with E-state index in [9.17, 15) is 9.18 Å². The highest BCUT2D eigenvalue weighted by Gasteiger charge is 2.48. The van der Waals surface area contributed by atoms with Gasteiger partial charge in [0.2, 0.25) is 5.91 Å². The standard InChI is InChI=1S/C14H17FN2O2/c15-11-4-2-1-3-10(11)12-9-17(7-8-19-12)13(18)14(16)5-6-14/h1-4,12H,5-9,16H2. The smallest absolute Gasteiger partial charge is 0.242 e. The zero-order valence-electron chi connectivity index (χ0n) is 10.6. The van der Waals surface area contributed by atoms with Gasteiger partial charge in [0.05, 0.1) is 18.7 Å². The van der Waals surface area contributed by atoms with Gasteiger partial charge in [-0.3, -0.25) is 4.79 Å². The molecule has 2 fully saturated rings. The molecule has 1 atom stereocenters. The summed E-state index contributed by atoms with van der Waals surface area (Å²) in [6.45, 7) is 1.32. The lowest BCUT2D eigenvalue weighted by Gasteiger charge is -2.34. The minimum absolute atomic E-state index is 0.0304. The first-order chi connectivity index (χ1) is 9.10. The minimum atomic E-state index is -0.670. The predicted octanol–water partition coefficient (Wildman–Crippen LogP) is 1.22. The molecule has 3 rings (SSSR count). The van der Waals surface area contributed by atoms with Gasteiger partial charge in [-0.2, -0.15) is 0 Å². The number of benzene rings is 1. The molecular weight excluding hydrogens is 247 g/mol. The molecule has 1 saturated carbocycles. The van der Waals surface area contributed by atoms with Crippen LogP contribution in [-0.4, -0.2) is 36.0 Å². The van der Waals surface area contributed by atoms with Gasteiger partial charge in [-0.25, -0.2) is 4.39 Å². The number of morpholine rings is 1. The lowest BCUT2D eigenvalue weighted by Crippen LogP contribution is -2.50. The molecule has 1 saturated heterocycles. The van der Waals surface area contributed by atoms with E-state index in [2.05, 4.69) is 0 Å². The van der Waals surface area contributed by atoms with Crippen molar-refractivity contribution < 1.29 is 13.9 Å². The molecule has 1 amide bonds. The van der Waals surface area contributed by atoms with Crippen LogP contribution in [-0.2, 0) is 9.53 Å². The first-order valence-electron chi connectivity index (χ1n) is 6.54. The molecule has 102 valence electrons. The largest absolute Gasteiger partial charge is 0.370 e. The van der Waals surface area contributed by atoms with E-state index in [1.807, 2.05) is 0 Å². The number of nitrogens with zero attached hydrogens (tertiary/aromatic N) is 1. The summed E-state index contributed by atoms with van der Waals surface area (Å²) in [6, 6.07) is 6.52. The number of hydrogen-bond acceptors (Lipinski definition) is 3. The van der Waals surface area contributed by atoms with Gasteiger partial charge < -0.3 is 15.4 Å². The second-order valence-electron chi connectivity index (χ2n) is 5.29. The van der Waals surface area contributed by atoms with Crippen molar-refractivity contribution >= 4 is 5.91 Å². The Kier molecular flexibility index (Phi) is 3.03. The zero-order valence-corrected chi connectivity index (χ0v) is 10.6. The van der Waals surface area contributed by atoms with Crippen molar-refractivity contribution in [2.24, 2.45) is 5.73 Å².